The number of hydrogen-bond acceptors (Lipinski definition) is 3. The highest BCUT2D eigenvalue weighted by Crippen LogP contribution is 2.22. The van der Waals surface area contributed by atoms with Crippen molar-refractivity contribution in [1.29, 1.82) is 0 Å². The van der Waals surface area contributed by atoms with Gasteiger partial charge in [-0.15, -0.1) is 0 Å². The summed E-state index contributed by atoms with van der Waals surface area (Å²) >= 11 is 0. The zero-order chi connectivity index (χ0) is 13.2. The van der Waals surface area contributed by atoms with Gasteiger partial charge in [0.15, 0.2) is 0 Å². The van der Waals surface area contributed by atoms with E-state index in [1.54, 1.807) is 0 Å². The first-order valence-electron chi connectivity index (χ1n) is 6.33. The minimum absolute atomic E-state index is 0.0233. The van der Waals surface area contributed by atoms with Gasteiger partial charge in [-0.25, -0.2) is 4.39 Å². The van der Waals surface area contributed by atoms with Crippen LogP contribution in [0.15, 0.2) is 18.2 Å². The summed E-state index contributed by atoms with van der Waals surface area (Å²) in [7, 11) is 0. The third-order valence-corrected chi connectivity index (χ3v) is 3.52. The average molecular weight is 252 g/mol. The molecule has 100 valence electrons. The molecule has 0 unspecified atom stereocenters. The number of hydrogen-bond donors (Lipinski definition) is 1. The van der Waals surface area contributed by atoms with Crippen LogP contribution in [0, 0.1) is 5.82 Å². The molecule has 0 radical (unpaired) electrons. The van der Waals surface area contributed by atoms with Crippen molar-refractivity contribution in [2.24, 2.45) is 5.73 Å². The largest absolute Gasteiger partial charge is 0.378 e. The Labute approximate surface area is 108 Å². The molecule has 4 heteroatoms. The lowest BCUT2D eigenvalue weighted by Crippen LogP contribution is -2.52. The van der Waals surface area contributed by atoms with Crippen molar-refractivity contribution in [2.45, 2.75) is 32.5 Å². The second-order valence-electron chi connectivity index (χ2n) is 5.42. The Morgan fingerprint density at radius 1 is 1.44 bits per heavy atom. The van der Waals surface area contributed by atoms with E-state index >= 15 is 0 Å². The third kappa shape index (κ3) is 2.88. The van der Waals surface area contributed by atoms with Gasteiger partial charge in [-0.05, 0) is 25.5 Å². The molecule has 1 aromatic carbocycles. The molecule has 0 aromatic heterocycles. The Hall–Kier alpha value is -0.970. The predicted molar refractivity (Wildman–Crippen MR) is 69.6 cm³/mol. The molecule has 0 amide bonds. The normalized spacial score (nSPS) is 20.0. The SMILES string of the molecule is CC1(C)COCCN1Cc1ccc(F)c(CN)c1. The highest BCUT2D eigenvalue weighted by atomic mass is 19.1. The van der Waals surface area contributed by atoms with Gasteiger partial charge in [0.25, 0.3) is 0 Å². The van der Waals surface area contributed by atoms with Gasteiger partial charge < -0.3 is 10.5 Å². The van der Waals surface area contributed by atoms with E-state index < -0.39 is 0 Å². The summed E-state index contributed by atoms with van der Waals surface area (Å²) < 4.78 is 18.9. The number of rotatable bonds is 3. The maximum atomic E-state index is 13.4. The molecule has 1 aromatic rings. The van der Waals surface area contributed by atoms with Crippen molar-refractivity contribution in [1.82, 2.24) is 4.90 Å². The second kappa shape index (κ2) is 5.34. The quantitative estimate of drug-likeness (QED) is 0.893. The van der Waals surface area contributed by atoms with Gasteiger partial charge in [0.1, 0.15) is 5.82 Å². The van der Waals surface area contributed by atoms with Crippen LogP contribution >= 0.6 is 0 Å². The van der Waals surface area contributed by atoms with Crippen molar-refractivity contribution in [2.75, 3.05) is 19.8 Å². The summed E-state index contributed by atoms with van der Waals surface area (Å²) in [5, 5.41) is 0. The zero-order valence-electron chi connectivity index (χ0n) is 11.1. The van der Waals surface area contributed by atoms with Crippen molar-refractivity contribution in [3.8, 4) is 0 Å². The number of morpholine rings is 1. The molecule has 0 bridgehead atoms. The van der Waals surface area contributed by atoms with Crippen LogP contribution in [0.5, 0.6) is 0 Å². The van der Waals surface area contributed by atoms with Gasteiger partial charge in [0, 0.05) is 30.7 Å². The first-order chi connectivity index (χ1) is 8.53. The summed E-state index contributed by atoms with van der Waals surface area (Å²) in [6.45, 7) is 7.78. The molecule has 0 atom stereocenters. The van der Waals surface area contributed by atoms with Crippen molar-refractivity contribution >= 4 is 0 Å². The maximum absolute atomic E-state index is 13.4. The summed E-state index contributed by atoms with van der Waals surface area (Å²) in [5.41, 5.74) is 7.24. The summed E-state index contributed by atoms with van der Waals surface area (Å²) in [4.78, 5) is 2.37. The highest BCUT2D eigenvalue weighted by Gasteiger charge is 2.30. The Bertz CT molecular complexity index is 420. The van der Waals surface area contributed by atoms with Crippen molar-refractivity contribution in [3.63, 3.8) is 0 Å². The van der Waals surface area contributed by atoms with Crippen molar-refractivity contribution < 1.29 is 9.13 Å². The molecular weight excluding hydrogens is 231 g/mol. The smallest absolute Gasteiger partial charge is 0.127 e. The molecule has 0 saturated carbocycles. The molecule has 2 rings (SSSR count). The first kappa shape index (κ1) is 13.5. The van der Waals surface area contributed by atoms with Crippen LogP contribution < -0.4 is 5.73 Å². The van der Waals surface area contributed by atoms with E-state index in [2.05, 4.69) is 18.7 Å². The van der Waals surface area contributed by atoms with Crippen LogP contribution in [-0.4, -0.2) is 30.2 Å². The van der Waals surface area contributed by atoms with E-state index in [4.69, 9.17) is 10.5 Å². The number of halogens is 1. The summed E-state index contributed by atoms with van der Waals surface area (Å²) in [5.74, 6) is -0.220. The maximum Gasteiger partial charge on any atom is 0.127 e. The Balaban J connectivity index is 2.13. The Morgan fingerprint density at radius 3 is 2.89 bits per heavy atom. The molecule has 1 aliphatic rings. The fourth-order valence-electron chi connectivity index (χ4n) is 2.29. The Morgan fingerprint density at radius 2 is 2.22 bits per heavy atom. The number of benzene rings is 1. The highest BCUT2D eigenvalue weighted by molar-refractivity contribution is 5.25. The number of ether oxygens (including phenoxy) is 1. The van der Waals surface area contributed by atoms with Crippen LogP contribution in [0.3, 0.4) is 0 Å². The van der Waals surface area contributed by atoms with Gasteiger partial charge in [-0.2, -0.15) is 0 Å². The fourth-order valence-corrected chi connectivity index (χ4v) is 2.29. The molecule has 0 aliphatic carbocycles. The van der Waals surface area contributed by atoms with E-state index in [9.17, 15) is 4.39 Å². The Kier molecular flexibility index (Phi) is 4.00. The topological polar surface area (TPSA) is 38.5 Å². The first-order valence-corrected chi connectivity index (χ1v) is 6.33. The molecule has 1 aliphatic heterocycles. The van der Waals surface area contributed by atoms with E-state index in [0.717, 1.165) is 31.9 Å². The van der Waals surface area contributed by atoms with Gasteiger partial charge in [-0.3, -0.25) is 4.90 Å². The summed E-state index contributed by atoms with van der Waals surface area (Å²) in [6.07, 6.45) is 0. The predicted octanol–water partition coefficient (Wildman–Crippen LogP) is 1.90. The van der Waals surface area contributed by atoms with Crippen LogP contribution in [0.1, 0.15) is 25.0 Å². The van der Waals surface area contributed by atoms with Gasteiger partial charge in [0.2, 0.25) is 0 Å². The van der Waals surface area contributed by atoms with Crippen molar-refractivity contribution in [3.05, 3.63) is 35.1 Å². The van der Waals surface area contributed by atoms with Crippen LogP contribution in [0.25, 0.3) is 0 Å². The van der Waals surface area contributed by atoms with E-state index in [0.29, 0.717) is 5.56 Å². The van der Waals surface area contributed by atoms with E-state index in [1.165, 1.54) is 6.07 Å². The monoisotopic (exact) mass is 252 g/mol. The molecular formula is C14H21FN2O. The molecule has 1 heterocycles. The second-order valence-corrected chi connectivity index (χ2v) is 5.42. The number of nitrogens with zero attached hydrogens (tertiary/aromatic N) is 1. The lowest BCUT2D eigenvalue weighted by Gasteiger charge is -2.42. The third-order valence-electron chi connectivity index (χ3n) is 3.52. The molecule has 1 fully saturated rings. The van der Waals surface area contributed by atoms with Crippen LogP contribution in [-0.2, 0) is 17.8 Å². The molecule has 1 saturated heterocycles. The minimum Gasteiger partial charge on any atom is -0.378 e. The van der Waals surface area contributed by atoms with E-state index in [1.807, 2.05) is 12.1 Å². The standard InChI is InChI=1S/C14H21FN2O/c1-14(2)10-18-6-5-17(14)9-11-3-4-13(15)12(7-11)8-16/h3-4,7H,5-6,8-10,16H2,1-2H3. The van der Waals surface area contributed by atoms with Gasteiger partial charge in [-0.1, -0.05) is 12.1 Å². The van der Waals surface area contributed by atoms with Gasteiger partial charge in [0.05, 0.1) is 13.2 Å². The average Bonchev–Trinajstić information content (AvgIpc) is 2.34. The van der Waals surface area contributed by atoms with Gasteiger partial charge >= 0.3 is 0 Å². The van der Waals surface area contributed by atoms with Crippen LogP contribution in [0.2, 0.25) is 0 Å². The van der Waals surface area contributed by atoms with Crippen LogP contribution in [0.4, 0.5) is 4.39 Å². The molecule has 0 spiro atoms. The fraction of sp³-hybridized carbons (Fsp3) is 0.571. The minimum atomic E-state index is -0.220. The lowest BCUT2D eigenvalue weighted by molar-refractivity contribution is -0.0552. The zero-order valence-corrected chi connectivity index (χ0v) is 11.1. The van der Waals surface area contributed by atoms with E-state index in [-0.39, 0.29) is 17.9 Å². The summed E-state index contributed by atoms with van der Waals surface area (Å²) in [6, 6.07) is 5.20. The lowest BCUT2D eigenvalue weighted by atomic mass is 10.0. The molecule has 2 N–H and O–H groups in total. The molecule has 3 nitrogen and oxygen atoms in total. The molecule has 18 heavy (non-hydrogen) atoms. The number of nitrogens with two attached hydrogens (primary N) is 1.